The largest absolute Gasteiger partial charge is 0.344 e. The van der Waals surface area contributed by atoms with Gasteiger partial charge in [0.15, 0.2) is 0 Å². The molecule has 0 unspecified atom stereocenters. The Labute approximate surface area is 145 Å². The first-order valence-electron chi connectivity index (χ1n) is 9.25. The monoisotopic (exact) mass is 340 g/mol. The van der Waals surface area contributed by atoms with E-state index in [2.05, 4.69) is 12.2 Å². The lowest BCUT2D eigenvalue weighted by atomic mass is 9.92. The van der Waals surface area contributed by atoms with Crippen molar-refractivity contribution in [2.45, 2.75) is 77.1 Å². The van der Waals surface area contributed by atoms with E-state index in [1.54, 1.807) is 6.08 Å². The number of unbranched alkanes of at least 4 members (excludes halogenated alkanes) is 2. The molecule has 0 bridgehead atoms. The molecule has 1 aliphatic rings. The van der Waals surface area contributed by atoms with Crippen LogP contribution in [-0.2, 0) is 0 Å². The molecule has 3 nitrogen and oxygen atoms in total. The summed E-state index contributed by atoms with van der Waals surface area (Å²) in [4.78, 5) is 0. The fraction of sp³-hybridized carbons (Fsp3) is 0.700. The number of halogens is 1. The molecule has 0 aliphatic heterocycles. The average Bonchev–Trinajstić information content (AvgIpc) is 2.95. The van der Waals surface area contributed by atoms with Crippen molar-refractivity contribution in [1.82, 2.24) is 0 Å². The smallest absolute Gasteiger partial charge is 0.275 e. The van der Waals surface area contributed by atoms with Crippen LogP contribution in [-0.4, -0.2) is 21.3 Å². The Balaban J connectivity index is 2.27. The highest BCUT2D eigenvalue weighted by molar-refractivity contribution is 5.03. The molecule has 1 fully saturated rings. The van der Waals surface area contributed by atoms with Gasteiger partial charge in [0, 0.05) is 12.8 Å². The van der Waals surface area contributed by atoms with Gasteiger partial charge in [-0.1, -0.05) is 50.1 Å². The number of rotatable bonds is 11. The molecular weight excluding hydrogens is 307 g/mol. The van der Waals surface area contributed by atoms with Crippen molar-refractivity contribution in [2.24, 2.45) is 11.8 Å². The molecule has 0 spiro atoms. The highest BCUT2D eigenvalue weighted by atomic mass is 19.1. The van der Waals surface area contributed by atoms with Gasteiger partial charge in [-0.25, -0.2) is 4.39 Å². The molecule has 2 atom stereocenters. The second-order valence-corrected chi connectivity index (χ2v) is 6.80. The van der Waals surface area contributed by atoms with Crippen molar-refractivity contribution in [3.05, 3.63) is 36.2 Å². The summed E-state index contributed by atoms with van der Waals surface area (Å²) in [6, 6.07) is 0. The number of hydrogen-bond donors (Lipinski definition) is 3. The Bertz CT molecular complexity index is 421. The second-order valence-electron chi connectivity index (χ2n) is 6.80. The van der Waals surface area contributed by atoms with E-state index < -0.39 is 5.97 Å². The third kappa shape index (κ3) is 10.0. The molecule has 138 valence electrons. The van der Waals surface area contributed by atoms with Crippen LogP contribution in [0.3, 0.4) is 0 Å². The molecule has 4 heteroatoms. The van der Waals surface area contributed by atoms with Gasteiger partial charge in [-0.15, -0.1) is 0 Å². The van der Waals surface area contributed by atoms with Gasteiger partial charge in [0.05, 0.1) is 5.83 Å². The van der Waals surface area contributed by atoms with Gasteiger partial charge in [-0.05, 0) is 50.4 Å². The fourth-order valence-electron chi connectivity index (χ4n) is 3.20. The van der Waals surface area contributed by atoms with E-state index in [9.17, 15) is 4.39 Å². The molecule has 1 aliphatic carbocycles. The average molecular weight is 340 g/mol. The van der Waals surface area contributed by atoms with Crippen molar-refractivity contribution >= 4 is 0 Å². The first-order valence-corrected chi connectivity index (χ1v) is 9.25. The maximum Gasteiger partial charge on any atom is 0.275 e. The SMILES string of the molecule is CCCC=C(F)CC=C[C@H]1CCC[C@@H]1CC=CCCCC(O)(O)O. The molecule has 1 rings (SSSR count). The minimum atomic E-state index is -2.55. The highest BCUT2D eigenvalue weighted by Crippen LogP contribution is 2.35. The van der Waals surface area contributed by atoms with Crippen LogP contribution in [0.1, 0.15) is 71.1 Å². The first-order chi connectivity index (χ1) is 11.4. The number of allylic oxidation sites excluding steroid dienone is 6. The number of hydrogen-bond acceptors (Lipinski definition) is 3. The van der Waals surface area contributed by atoms with Crippen molar-refractivity contribution in [1.29, 1.82) is 0 Å². The van der Waals surface area contributed by atoms with Gasteiger partial charge >= 0.3 is 0 Å². The Morgan fingerprint density at radius 3 is 2.62 bits per heavy atom. The molecule has 3 N–H and O–H groups in total. The van der Waals surface area contributed by atoms with Crippen molar-refractivity contribution in [2.75, 3.05) is 0 Å². The van der Waals surface area contributed by atoms with E-state index in [0.29, 0.717) is 24.7 Å². The Hall–Kier alpha value is -0.970. The zero-order chi connectivity index (χ0) is 17.8. The zero-order valence-corrected chi connectivity index (χ0v) is 14.8. The summed E-state index contributed by atoms with van der Waals surface area (Å²) < 4.78 is 13.5. The maximum atomic E-state index is 13.5. The van der Waals surface area contributed by atoms with E-state index in [0.717, 1.165) is 25.7 Å². The van der Waals surface area contributed by atoms with Gasteiger partial charge in [0.1, 0.15) is 0 Å². The molecule has 0 amide bonds. The molecular formula is C20H33FO3. The Morgan fingerprint density at radius 1 is 1.12 bits per heavy atom. The lowest BCUT2D eigenvalue weighted by molar-refractivity contribution is -0.314. The molecule has 0 heterocycles. The summed E-state index contributed by atoms with van der Waals surface area (Å²) in [5.41, 5.74) is 0. The fourth-order valence-corrected chi connectivity index (χ4v) is 3.20. The van der Waals surface area contributed by atoms with E-state index in [1.165, 1.54) is 19.3 Å². The Morgan fingerprint density at radius 2 is 1.92 bits per heavy atom. The summed E-state index contributed by atoms with van der Waals surface area (Å²) in [5, 5.41) is 26.4. The maximum absolute atomic E-state index is 13.5. The predicted molar refractivity (Wildman–Crippen MR) is 95.7 cm³/mol. The number of aliphatic hydroxyl groups is 3. The van der Waals surface area contributed by atoms with Gasteiger partial charge < -0.3 is 15.3 Å². The lowest BCUT2D eigenvalue weighted by Gasteiger charge is -2.14. The molecule has 0 aromatic heterocycles. The molecule has 0 aromatic rings. The van der Waals surface area contributed by atoms with Crippen molar-refractivity contribution in [3.8, 4) is 0 Å². The van der Waals surface area contributed by atoms with E-state index >= 15 is 0 Å². The minimum absolute atomic E-state index is 0.0322. The first kappa shape index (κ1) is 21.1. The van der Waals surface area contributed by atoms with Crippen LogP contribution in [0.2, 0.25) is 0 Å². The third-order valence-corrected chi connectivity index (χ3v) is 4.56. The van der Waals surface area contributed by atoms with Crippen molar-refractivity contribution in [3.63, 3.8) is 0 Å². The van der Waals surface area contributed by atoms with Crippen LogP contribution in [0.25, 0.3) is 0 Å². The van der Waals surface area contributed by atoms with Gasteiger partial charge in [-0.2, -0.15) is 0 Å². The summed E-state index contributed by atoms with van der Waals surface area (Å²) in [6.07, 6.45) is 18.1. The summed E-state index contributed by atoms with van der Waals surface area (Å²) in [6.45, 7) is 2.05. The molecule has 0 aromatic carbocycles. The topological polar surface area (TPSA) is 60.7 Å². The van der Waals surface area contributed by atoms with Crippen LogP contribution in [0.15, 0.2) is 36.2 Å². The summed E-state index contributed by atoms with van der Waals surface area (Å²) in [7, 11) is 0. The summed E-state index contributed by atoms with van der Waals surface area (Å²) >= 11 is 0. The van der Waals surface area contributed by atoms with Gasteiger partial charge in [-0.3, -0.25) is 0 Å². The molecule has 24 heavy (non-hydrogen) atoms. The molecule has 1 saturated carbocycles. The van der Waals surface area contributed by atoms with Crippen molar-refractivity contribution < 1.29 is 19.7 Å². The normalized spacial score (nSPS) is 23.0. The predicted octanol–water partition coefficient (Wildman–Crippen LogP) is 4.75. The van der Waals surface area contributed by atoms with Crippen LogP contribution < -0.4 is 0 Å². The highest BCUT2D eigenvalue weighted by Gasteiger charge is 2.23. The van der Waals surface area contributed by atoms with Crippen LogP contribution in [0.5, 0.6) is 0 Å². The van der Waals surface area contributed by atoms with E-state index in [4.69, 9.17) is 15.3 Å². The summed E-state index contributed by atoms with van der Waals surface area (Å²) in [5.74, 6) is -1.42. The Kier molecular flexibility index (Phi) is 10.2. The zero-order valence-electron chi connectivity index (χ0n) is 14.8. The van der Waals surface area contributed by atoms with Crippen LogP contribution in [0.4, 0.5) is 4.39 Å². The third-order valence-electron chi connectivity index (χ3n) is 4.56. The van der Waals surface area contributed by atoms with Crippen LogP contribution in [0, 0.1) is 11.8 Å². The lowest BCUT2D eigenvalue weighted by Crippen LogP contribution is -2.26. The second kappa shape index (κ2) is 11.6. The minimum Gasteiger partial charge on any atom is -0.344 e. The van der Waals surface area contributed by atoms with E-state index in [1.807, 2.05) is 19.1 Å². The molecule has 0 saturated heterocycles. The van der Waals surface area contributed by atoms with Gasteiger partial charge in [0.2, 0.25) is 0 Å². The van der Waals surface area contributed by atoms with Crippen LogP contribution >= 0.6 is 0 Å². The quantitative estimate of drug-likeness (QED) is 0.289. The standard InChI is InChI=1S/C20H33FO3/c1-2-3-14-19(21)15-9-13-18-12-8-11-17(18)10-6-4-5-7-16-20(22,23)24/h4,6,9,13-14,17-18,22-24H,2-3,5,7-8,10-12,15-16H2,1H3/t17-,18+/m0/s1. The van der Waals surface area contributed by atoms with Gasteiger partial charge in [0.25, 0.3) is 5.97 Å². The molecule has 0 radical (unpaired) electrons. The van der Waals surface area contributed by atoms with E-state index in [-0.39, 0.29) is 12.2 Å².